The Kier molecular flexibility index (Phi) is 3.10. The smallest absolute Gasteiger partial charge is 0.238 e. The molecule has 54 valence electrons. The first-order valence-corrected chi connectivity index (χ1v) is 3.36. The SMILES string of the molecule is CCOS(=O)(=O)ON=O. The van der Waals surface area contributed by atoms with E-state index in [-0.39, 0.29) is 6.61 Å². The summed E-state index contributed by atoms with van der Waals surface area (Å²) < 4.78 is 27.4. The van der Waals surface area contributed by atoms with Crippen molar-refractivity contribution in [3.05, 3.63) is 4.91 Å². The third-order valence-electron chi connectivity index (χ3n) is 0.384. The van der Waals surface area contributed by atoms with Gasteiger partial charge in [-0.15, -0.1) is 4.91 Å². The second kappa shape index (κ2) is 3.36. The van der Waals surface area contributed by atoms with Crippen LogP contribution in [0.5, 0.6) is 0 Å². The maximum Gasteiger partial charge on any atom is 0.471 e. The van der Waals surface area contributed by atoms with E-state index in [1.807, 2.05) is 0 Å². The molecule has 7 heteroatoms. The van der Waals surface area contributed by atoms with Gasteiger partial charge in [0.15, 0.2) is 5.34 Å². The van der Waals surface area contributed by atoms with Crippen molar-refractivity contribution in [1.29, 1.82) is 0 Å². The van der Waals surface area contributed by atoms with Gasteiger partial charge in [-0.2, -0.15) is 8.42 Å². The molecule has 0 radical (unpaired) electrons. The zero-order valence-electron chi connectivity index (χ0n) is 4.60. The third-order valence-corrected chi connectivity index (χ3v) is 1.15. The van der Waals surface area contributed by atoms with E-state index in [0.717, 1.165) is 0 Å². The van der Waals surface area contributed by atoms with Crippen molar-refractivity contribution in [3.8, 4) is 0 Å². The van der Waals surface area contributed by atoms with E-state index in [4.69, 9.17) is 4.91 Å². The van der Waals surface area contributed by atoms with Gasteiger partial charge in [-0.05, 0) is 6.92 Å². The van der Waals surface area contributed by atoms with Gasteiger partial charge < -0.3 is 0 Å². The quantitative estimate of drug-likeness (QED) is 0.420. The van der Waals surface area contributed by atoms with Crippen LogP contribution in [0.1, 0.15) is 6.92 Å². The molecule has 0 rings (SSSR count). The van der Waals surface area contributed by atoms with E-state index >= 15 is 0 Å². The van der Waals surface area contributed by atoms with Crippen molar-refractivity contribution < 1.29 is 16.9 Å². The number of nitrogens with zero attached hydrogens (tertiary/aromatic N) is 1. The molecule has 0 bridgehead atoms. The molecule has 0 heterocycles. The van der Waals surface area contributed by atoms with Crippen molar-refractivity contribution in [2.24, 2.45) is 5.34 Å². The minimum Gasteiger partial charge on any atom is -0.238 e. The molecule has 0 atom stereocenters. The Morgan fingerprint density at radius 2 is 2.11 bits per heavy atom. The van der Waals surface area contributed by atoms with Gasteiger partial charge in [0.25, 0.3) is 0 Å². The van der Waals surface area contributed by atoms with Crippen LogP contribution in [0.2, 0.25) is 0 Å². The molecule has 0 aromatic carbocycles. The maximum absolute atomic E-state index is 10.1. The summed E-state index contributed by atoms with van der Waals surface area (Å²) >= 11 is 0. The van der Waals surface area contributed by atoms with E-state index in [1.165, 1.54) is 6.92 Å². The van der Waals surface area contributed by atoms with Gasteiger partial charge in [-0.1, -0.05) is 0 Å². The zero-order chi connectivity index (χ0) is 7.33. The Balaban J connectivity index is 3.88. The molecule has 0 fully saturated rings. The van der Waals surface area contributed by atoms with Gasteiger partial charge >= 0.3 is 10.4 Å². The average Bonchev–Trinajstić information content (AvgIpc) is 1.64. The predicted molar refractivity (Wildman–Crippen MR) is 27.4 cm³/mol. The molecule has 0 N–H and O–H groups in total. The maximum atomic E-state index is 10.1. The summed E-state index contributed by atoms with van der Waals surface area (Å²) in [6, 6.07) is 0. The molecule has 0 aromatic rings. The molecule has 0 unspecified atom stereocenters. The van der Waals surface area contributed by atoms with Crippen molar-refractivity contribution in [1.82, 2.24) is 0 Å². The summed E-state index contributed by atoms with van der Waals surface area (Å²) in [6.45, 7) is 1.35. The average molecular weight is 155 g/mol. The van der Waals surface area contributed by atoms with Crippen LogP contribution in [0.4, 0.5) is 0 Å². The highest BCUT2D eigenvalue weighted by Gasteiger charge is 2.10. The van der Waals surface area contributed by atoms with Gasteiger partial charge in [-0.3, -0.25) is 0 Å². The van der Waals surface area contributed by atoms with Gasteiger partial charge in [0.1, 0.15) is 0 Å². The molecule has 0 saturated carbocycles. The number of rotatable bonds is 4. The van der Waals surface area contributed by atoms with Gasteiger partial charge in [-0.25, -0.2) is 8.47 Å². The number of hydrogen-bond acceptors (Lipinski definition) is 6. The lowest BCUT2D eigenvalue weighted by atomic mass is 10.9. The van der Waals surface area contributed by atoms with Crippen molar-refractivity contribution in [3.63, 3.8) is 0 Å². The zero-order valence-corrected chi connectivity index (χ0v) is 5.42. The van der Waals surface area contributed by atoms with Crippen LogP contribution in [0, 0.1) is 4.91 Å². The van der Waals surface area contributed by atoms with Crippen LogP contribution in [-0.4, -0.2) is 15.0 Å². The van der Waals surface area contributed by atoms with Gasteiger partial charge in [0.2, 0.25) is 0 Å². The Hall–Kier alpha value is -0.690. The highest BCUT2D eigenvalue weighted by Crippen LogP contribution is 1.93. The summed E-state index contributed by atoms with van der Waals surface area (Å²) in [5.41, 5.74) is 0. The molecular formula is C2H5NO5S. The van der Waals surface area contributed by atoms with E-state index in [2.05, 4.69) is 8.47 Å². The van der Waals surface area contributed by atoms with E-state index in [9.17, 15) is 8.42 Å². The highest BCUT2D eigenvalue weighted by molar-refractivity contribution is 7.81. The van der Waals surface area contributed by atoms with Crippen LogP contribution in [0.25, 0.3) is 0 Å². The fraction of sp³-hybridized carbons (Fsp3) is 1.00. The van der Waals surface area contributed by atoms with Gasteiger partial charge in [0.05, 0.1) is 6.61 Å². The molecule has 0 aliphatic carbocycles. The summed E-state index contributed by atoms with van der Waals surface area (Å²) in [4.78, 5) is 9.16. The molecule has 0 saturated heterocycles. The molecule has 6 nitrogen and oxygen atoms in total. The normalized spacial score (nSPS) is 10.8. The lowest BCUT2D eigenvalue weighted by molar-refractivity contribution is 0.227. The van der Waals surface area contributed by atoms with Crippen LogP contribution in [-0.2, 0) is 18.9 Å². The summed E-state index contributed by atoms with van der Waals surface area (Å²) in [7, 11) is -4.16. The molecule has 0 amide bonds. The molecule has 0 aliphatic rings. The number of hydrogen-bond donors (Lipinski definition) is 0. The van der Waals surface area contributed by atoms with Crippen LogP contribution >= 0.6 is 0 Å². The topological polar surface area (TPSA) is 82.0 Å². The second-order valence-electron chi connectivity index (χ2n) is 0.964. The Morgan fingerprint density at radius 1 is 1.56 bits per heavy atom. The van der Waals surface area contributed by atoms with E-state index < -0.39 is 10.4 Å². The lowest BCUT2D eigenvalue weighted by Crippen LogP contribution is -2.05. The minimum absolute atomic E-state index is 0.0855. The summed E-state index contributed by atoms with van der Waals surface area (Å²) in [5, 5.41) is 1.66. The fourth-order valence-corrected chi connectivity index (χ4v) is 0.609. The molecule has 0 spiro atoms. The van der Waals surface area contributed by atoms with E-state index in [0.29, 0.717) is 0 Å². The van der Waals surface area contributed by atoms with Crippen LogP contribution < -0.4 is 0 Å². The lowest BCUT2D eigenvalue weighted by Gasteiger charge is -1.93. The van der Waals surface area contributed by atoms with Crippen molar-refractivity contribution >= 4 is 10.4 Å². The largest absolute Gasteiger partial charge is 0.471 e. The van der Waals surface area contributed by atoms with Gasteiger partial charge in [0, 0.05) is 0 Å². The molecule has 0 aromatic heterocycles. The van der Waals surface area contributed by atoms with Crippen molar-refractivity contribution in [2.75, 3.05) is 6.61 Å². The first kappa shape index (κ1) is 8.31. The Bertz CT molecular complexity index is 171. The molecular weight excluding hydrogens is 150 g/mol. The monoisotopic (exact) mass is 155 g/mol. The fourth-order valence-electron chi connectivity index (χ4n) is 0.203. The van der Waals surface area contributed by atoms with Crippen LogP contribution in [0.15, 0.2) is 5.34 Å². The molecule has 0 aliphatic heterocycles. The Labute approximate surface area is 52.0 Å². The summed E-state index contributed by atoms with van der Waals surface area (Å²) in [6.07, 6.45) is 0. The summed E-state index contributed by atoms with van der Waals surface area (Å²) in [5.74, 6) is 0. The first-order chi connectivity index (χ1) is 4.12. The highest BCUT2D eigenvalue weighted by atomic mass is 32.3. The van der Waals surface area contributed by atoms with Crippen molar-refractivity contribution in [2.45, 2.75) is 6.92 Å². The standard InChI is InChI=1S/C2H5NO5S/c1-2-7-9(5,6)8-3-4/h2H2,1H3. The first-order valence-electron chi connectivity index (χ1n) is 2.03. The van der Waals surface area contributed by atoms with Crippen LogP contribution in [0.3, 0.4) is 0 Å². The Morgan fingerprint density at radius 3 is 2.44 bits per heavy atom. The van der Waals surface area contributed by atoms with E-state index in [1.54, 1.807) is 5.34 Å². The minimum atomic E-state index is -4.16. The third kappa shape index (κ3) is 3.86. The molecule has 9 heavy (non-hydrogen) atoms. The predicted octanol–water partition coefficient (Wildman–Crippen LogP) is -0.0343. The second-order valence-corrected chi connectivity index (χ2v) is 2.17.